The second kappa shape index (κ2) is 3.40. The Hall–Kier alpha value is -0.990. The van der Waals surface area contributed by atoms with Gasteiger partial charge in [0.2, 0.25) is 0 Å². The standard InChI is InChI=1S/C10H11ClN2/c11-8-2-1-3-9-10(8)7(4-5-12)6-13-9/h1-3,6,13H,4-5,12H2. The summed E-state index contributed by atoms with van der Waals surface area (Å²) in [4.78, 5) is 3.17. The number of hydrogen-bond donors (Lipinski definition) is 2. The summed E-state index contributed by atoms with van der Waals surface area (Å²) >= 11 is 6.08. The SMILES string of the molecule is NCCc1c[nH]c2cccc(Cl)c12. The van der Waals surface area contributed by atoms with Crippen molar-refractivity contribution in [2.75, 3.05) is 6.54 Å². The van der Waals surface area contributed by atoms with E-state index in [1.807, 2.05) is 24.4 Å². The molecule has 3 heteroatoms. The minimum absolute atomic E-state index is 0.651. The molecule has 2 aromatic rings. The molecule has 3 N–H and O–H groups in total. The number of benzene rings is 1. The van der Waals surface area contributed by atoms with Crippen molar-refractivity contribution in [2.24, 2.45) is 5.73 Å². The molecule has 0 unspecified atom stereocenters. The highest BCUT2D eigenvalue weighted by atomic mass is 35.5. The van der Waals surface area contributed by atoms with Gasteiger partial charge in [-0.3, -0.25) is 0 Å². The second-order valence-electron chi connectivity index (χ2n) is 3.01. The van der Waals surface area contributed by atoms with Crippen LogP contribution in [0.25, 0.3) is 10.9 Å². The molecule has 0 radical (unpaired) electrons. The van der Waals surface area contributed by atoms with Crippen LogP contribution < -0.4 is 5.73 Å². The first-order valence-corrected chi connectivity index (χ1v) is 4.65. The summed E-state index contributed by atoms with van der Waals surface area (Å²) in [5, 5.41) is 1.90. The summed E-state index contributed by atoms with van der Waals surface area (Å²) < 4.78 is 0. The first-order chi connectivity index (χ1) is 6.33. The highest BCUT2D eigenvalue weighted by molar-refractivity contribution is 6.35. The van der Waals surface area contributed by atoms with Gasteiger partial charge < -0.3 is 10.7 Å². The summed E-state index contributed by atoms with van der Waals surface area (Å²) in [5.74, 6) is 0. The number of nitrogens with two attached hydrogens (primary N) is 1. The number of aromatic nitrogens is 1. The first-order valence-electron chi connectivity index (χ1n) is 4.27. The maximum atomic E-state index is 6.08. The van der Waals surface area contributed by atoms with Gasteiger partial charge in [0, 0.05) is 17.1 Å². The molecular formula is C10H11ClN2. The van der Waals surface area contributed by atoms with Gasteiger partial charge in [-0.2, -0.15) is 0 Å². The van der Waals surface area contributed by atoms with E-state index in [-0.39, 0.29) is 0 Å². The molecule has 0 saturated heterocycles. The van der Waals surface area contributed by atoms with E-state index in [0.717, 1.165) is 22.3 Å². The van der Waals surface area contributed by atoms with Crippen LogP contribution in [0, 0.1) is 0 Å². The third-order valence-corrected chi connectivity index (χ3v) is 2.47. The molecule has 13 heavy (non-hydrogen) atoms. The zero-order valence-electron chi connectivity index (χ0n) is 7.18. The second-order valence-corrected chi connectivity index (χ2v) is 3.42. The predicted octanol–water partition coefficient (Wildman–Crippen LogP) is 2.32. The molecule has 0 fully saturated rings. The summed E-state index contributed by atoms with van der Waals surface area (Å²) in [6, 6.07) is 5.85. The van der Waals surface area contributed by atoms with Gasteiger partial charge in [0.1, 0.15) is 0 Å². The fourth-order valence-corrected chi connectivity index (χ4v) is 1.86. The molecule has 0 atom stereocenters. The van der Waals surface area contributed by atoms with Crippen LogP contribution in [-0.4, -0.2) is 11.5 Å². The quantitative estimate of drug-likeness (QED) is 0.757. The fraction of sp³-hybridized carbons (Fsp3) is 0.200. The third-order valence-electron chi connectivity index (χ3n) is 2.15. The Balaban J connectivity index is 2.64. The molecule has 0 saturated carbocycles. The minimum atomic E-state index is 0.651. The monoisotopic (exact) mass is 194 g/mol. The molecule has 0 bridgehead atoms. The number of fused-ring (bicyclic) bond motifs is 1. The van der Waals surface area contributed by atoms with Crippen LogP contribution in [0.15, 0.2) is 24.4 Å². The van der Waals surface area contributed by atoms with Crippen LogP contribution >= 0.6 is 11.6 Å². The van der Waals surface area contributed by atoms with Gasteiger partial charge in [-0.1, -0.05) is 17.7 Å². The van der Waals surface area contributed by atoms with Gasteiger partial charge in [0.05, 0.1) is 5.02 Å². The van der Waals surface area contributed by atoms with Gasteiger partial charge >= 0.3 is 0 Å². The molecule has 0 amide bonds. The molecule has 68 valence electrons. The van der Waals surface area contributed by atoms with Gasteiger partial charge in [0.15, 0.2) is 0 Å². The van der Waals surface area contributed by atoms with Crippen LogP contribution in [0.4, 0.5) is 0 Å². The Kier molecular flexibility index (Phi) is 2.25. The zero-order chi connectivity index (χ0) is 9.26. The number of aromatic amines is 1. The van der Waals surface area contributed by atoms with Crippen LogP contribution in [0.5, 0.6) is 0 Å². The highest BCUT2D eigenvalue weighted by Crippen LogP contribution is 2.26. The van der Waals surface area contributed by atoms with E-state index in [1.54, 1.807) is 0 Å². The molecule has 1 aromatic heterocycles. The number of rotatable bonds is 2. The summed E-state index contributed by atoms with van der Waals surface area (Å²) in [6.45, 7) is 0.651. The third kappa shape index (κ3) is 1.43. The van der Waals surface area contributed by atoms with Gasteiger partial charge in [0.25, 0.3) is 0 Å². The van der Waals surface area contributed by atoms with E-state index < -0.39 is 0 Å². The largest absolute Gasteiger partial charge is 0.361 e. The van der Waals surface area contributed by atoms with Crippen molar-refractivity contribution in [3.05, 3.63) is 35.0 Å². The van der Waals surface area contributed by atoms with E-state index in [2.05, 4.69) is 4.98 Å². The number of hydrogen-bond acceptors (Lipinski definition) is 1. The van der Waals surface area contributed by atoms with Crippen molar-refractivity contribution in [1.29, 1.82) is 0 Å². The van der Waals surface area contributed by atoms with Crippen LogP contribution in [-0.2, 0) is 6.42 Å². The van der Waals surface area contributed by atoms with Crippen molar-refractivity contribution in [2.45, 2.75) is 6.42 Å². The number of H-pyrrole nitrogens is 1. The molecule has 0 aliphatic heterocycles. The Bertz CT molecular complexity index is 420. The molecule has 0 aliphatic carbocycles. The predicted molar refractivity (Wildman–Crippen MR) is 56.1 cm³/mol. The molecule has 2 nitrogen and oxygen atoms in total. The van der Waals surface area contributed by atoms with Crippen molar-refractivity contribution in [1.82, 2.24) is 4.98 Å². The molecule has 2 rings (SSSR count). The highest BCUT2D eigenvalue weighted by Gasteiger charge is 2.05. The molecule has 0 spiro atoms. The number of nitrogens with one attached hydrogen (secondary N) is 1. The fourth-order valence-electron chi connectivity index (χ4n) is 1.56. The molecule has 1 heterocycles. The Morgan fingerprint density at radius 2 is 2.23 bits per heavy atom. The van der Waals surface area contributed by atoms with Gasteiger partial charge in [-0.15, -0.1) is 0 Å². The normalized spacial score (nSPS) is 10.9. The topological polar surface area (TPSA) is 41.8 Å². The van der Waals surface area contributed by atoms with E-state index in [4.69, 9.17) is 17.3 Å². The van der Waals surface area contributed by atoms with Crippen molar-refractivity contribution in [3.63, 3.8) is 0 Å². The lowest BCUT2D eigenvalue weighted by atomic mass is 10.1. The summed E-state index contributed by atoms with van der Waals surface area (Å²) in [6.07, 6.45) is 2.84. The van der Waals surface area contributed by atoms with E-state index in [9.17, 15) is 0 Å². The zero-order valence-corrected chi connectivity index (χ0v) is 7.93. The smallest absolute Gasteiger partial charge is 0.0502 e. The van der Waals surface area contributed by atoms with Gasteiger partial charge in [-0.05, 0) is 30.7 Å². The molecule has 1 aromatic carbocycles. The Morgan fingerprint density at radius 3 is 3.00 bits per heavy atom. The van der Waals surface area contributed by atoms with E-state index in [0.29, 0.717) is 6.54 Å². The van der Waals surface area contributed by atoms with E-state index >= 15 is 0 Å². The maximum Gasteiger partial charge on any atom is 0.0502 e. The number of halogens is 1. The maximum absolute atomic E-state index is 6.08. The average Bonchev–Trinajstić information content (AvgIpc) is 2.51. The molecule has 0 aliphatic rings. The lowest BCUT2D eigenvalue weighted by molar-refractivity contribution is 0.976. The average molecular weight is 195 g/mol. The van der Waals surface area contributed by atoms with Crippen molar-refractivity contribution < 1.29 is 0 Å². The van der Waals surface area contributed by atoms with Crippen LogP contribution in [0.2, 0.25) is 5.02 Å². The Labute approximate surface area is 81.7 Å². The lowest BCUT2D eigenvalue weighted by Gasteiger charge is -1.97. The molecular weight excluding hydrogens is 184 g/mol. The summed E-state index contributed by atoms with van der Waals surface area (Å²) in [5.41, 5.74) is 7.78. The van der Waals surface area contributed by atoms with Crippen LogP contribution in [0.3, 0.4) is 0 Å². The minimum Gasteiger partial charge on any atom is -0.361 e. The first kappa shape index (κ1) is 8.60. The van der Waals surface area contributed by atoms with Crippen LogP contribution in [0.1, 0.15) is 5.56 Å². The Morgan fingerprint density at radius 1 is 1.38 bits per heavy atom. The van der Waals surface area contributed by atoms with Gasteiger partial charge in [-0.25, -0.2) is 0 Å². The van der Waals surface area contributed by atoms with E-state index in [1.165, 1.54) is 5.56 Å². The lowest BCUT2D eigenvalue weighted by Crippen LogP contribution is -2.01. The summed E-state index contributed by atoms with van der Waals surface area (Å²) in [7, 11) is 0. The van der Waals surface area contributed by atoms with Crippen molar-refractivity contribution >= 4 is 22.5 Å². The van der Waals surface area contributed by atoms with Crippen molar-refractivity contribution in [3.8, 4) is 0 Å².